The van der Waals surface area contributed by atoms with Gasteiger partial charge >= 0.3 is 0 Å². The summed E-state index contributed by atoms with van der Waals surface area (Å²) in [7, 11) is 0. The van der Waals surface area contributed by atoms with Crippen LogP contribution >= 0.6 is 34.8 Å². The predicted octanol–water partition coefficient (Wildman–Crippen LogP) is 6.05. The van der Waals surface area contributed by atoms with Crippen molar-refractivity contribution in [2.24, 2.45) is 0 Å². The highest BCUT2D eigenvalue weighted by Gasteiger charge is 2.31. The molecule has 31 heavy (non-hydrogen) atoms. The summed E-state index contributed by atoms with van der Waals surface area (Å²) in [5.74, 6) is -1.28. The molecule has 1 unspecified atom stereocenters. The van der Waals surface area contributed by atoms with Crippen molar-refractivity contribution >= 4 is 46.6 Å². The van der Waals surface area contributed by atoms with Crippen molar-refractivity contribution in [3.63, 3.8) is 0 Å². The molecule has 0 aliphatic rings. The molecule has 2 aromatic rings. The van der Waals surface area contributed by atoms with E-state index in [0.717, 1.165) is 0 Å². The van der Waals surface area contributed by atoms with Crippen LogP contribution < -0.4 is 5.32 Å². The molecule has 1 N–H and O–H groups in total. The van der Waals surface area contributed by atoms with E-state index < -0.39 is 23.3 Å². The maximum absolute atomic E-state index is 14.3. The quantitative estimate of drug-likeness (QED) is 0.517. The fourth-order valence-electron chi connectivity index (χ4n) is 3.16. The summed E-state index contributed by atoms with van der Waals surface area (Å²) in [5, 5.41) is 3.81. The summed E-state index contributed by atoms with van der Waals surface area (Å²) in [6.45, 7) is 7.52. The molecular weight excluding hydrogens is 462 g/mol. The van der Waals surface area contributed by atoms with Gasteiger partial charge in [-0.3, -0.25) is 9.59 Å². The van der Waals surface area contributed by atoms with Crippen molar-refractivity contribution in [3.8, 4) is 0 Å². The number of benzene rings is 2. The molecule has 0 saturated carbocycles. The molecule has 0 saturated heterocycles. The van der Waals surface area contributed by atoms with Gasteiger partial charge in [-0.15, -0.1) is 0 Å². The standard InChI is InChI=1S/C23H26Cl3FN2O2/c1-5-20(22(31)28-23(2,3)4)29(13-14-9-10-17(25)18(26)11-14)21(30)12-15-16(24)7-6-8-19(15)27/h6-11,20H,5,12-13H2,1-4H3,(H,28,31). The summed E-state index contributed by atoms with van der Waals surface area (Å²) in [4.78, 5) is 27.7. The molecule has 8 heteroatoms. The third kappa shape index (κ3) is 7.09. The fourth-order valence-corrected chi connectivity index (χ4v) is 3.71. The van der Waals surface area contributed by atoms with Gasteiger partial charge in [0.25, 0.3) is 0 Å². The zero-order chi connectivity index (χ0) is 23.3. The number of nitrogens with zero attached hydrogens (tertiary/aromatic N) is 1. The van der Waals surface area contributed by atoms with Crippen LogP contribution in [0.15, 0.2) is 36.4 Å². The zero-order valence-electron chi connectivity index (χ0n) is 17.9. The Morgan fingerprint density at radius 2 is 1.74 bits per heavy atom. The molecule has 0 fully saturated rings. The number of hydrogen-bond acceptors (Lipinski definition) is 2. The van der Waals surface area contributed by atoms with Crippen LogP contribution in [0.1, 0.15) is 45.2 Å². The first kappa shape index (κ1) is 25.4. The second-order valence-corrected chi connectivity index (χ2v) is 9.53. The van der Waals surface area contributed by atoms with E-state index in [1.54, 1.807) is 18.2 Å². The van der Waals surface area contributed by atoms with Crippen LogP contribution in [0, 0.1) is 5.82 Å². The molecule has 0 aliphatic heterocycles. The summed E-state index contributed by atoms with van der Waals surface area (Å²) in [6.07, 6.45) is 0.103. The van der Waals surface area contributed by atoms with Crippen molar-refractivity contribution in [1.29, 1.82) is 0 Å². The Balaban J connectivity index is 2.40. The van der Waals surface area contributed by atoms with E-state index in [1.165, 1.54) is 23.1 Å². The molecule has 0 aliphatic carbocycles. The van der Waals surface area contributed by atoms with Crippen LogP contribution in [-0.4, -0.2) is 28.3 Å². The predicted molar refractivity (Wildman–Crippen MR) is 124 cm³/mol. The lowest BCUT2D eigenvalue weighted by Crippen LogP contribution is -2.53. The van der Waals surface area contributed by atoms with Crippen LogP contribution in [0.4, 0.5) is 4.39 Å². The second-order valence-electron chi connectivity index (χ2n) is 8.31. The van der Waals surface area contributed by atoms with Gasteiger partial charge in [-0.1, -0.05) is 53.9 Å². The van der Waals surface area contributed by atoms with Crippen molar-refractivity contribution in [3.05, 3.63) is 68.4 Å². The number of amides is 2. The highest BCUT2D eigenvalue weighted by Crippen LogP contribution is 2.25. The number of halogens is 4. The van der Waals surface area contributed by atoms with E-state index in [9.17, 15) is 14.0 Å². The molecule has 168 valence electrons. The lowest BCUT2D eigenvalue weighted by atomic mass is 10.0. The molecule has 0 bridgehead atoms. The van der Waals surface area contributed by atoms with Crippen molar-refractivity contribution in [1.82, 2.24) is 10.2 Å². The van der Waals surface area contributed by atoms with Gasteiger partial charge in [-0.05, 0) is 57.0 Å². The average Bonchev–Trinajstić information content (AvgIpc) is 2.66. The molecular formula is C23H26Cl3FN2O2. The third-order valence-corrected chi connectivity index (χ3v) is 5.70. The molecule has 1 atom stereocenters. The van der Waals surface area contributed by atoms with Gasteiger partial charge in [0.1, 0.15) is 11.9 Å². The Morgan fingerprint density at radius 3 is 2.29 bits per heavy atom. The van der Waals surface area contributed by atoms with Gasteiger partial charge in [0.2, 0.25) is 11.8 Å². The number of nitrogens with one attached hydrogen (secondary N) is 1. The van der Waals surface area contributed by atoms with Gasteiger partial charge in [-0.2, -0.15) is 0 Å². The molecule has 0 radical (unpaired) electrons. The Hall–Kier alpha value is -1.82. The van der Waals surface area contributed by atoms with Gasteiger partial charge in [-0.25, -0.2) is 4.39 Å². The largest absolute Gasteiger partial charge is 0.350 e. The second kappa shape index (κ2) is 10.7. The summed E-state index contributed by atoms with van der Waals surface area (Å²) in [5.41, 5.74) is 0.321. The number of hydrogen-bond donors (Lipinski definition) is 1. The minimum atomic E-state index is -0.758. The van der Waals surface area contributed by atoms with Crippen LogP contribution in [0.25, 0.3) is 0 Å². The van der Waals surface area contributed by atoms with Gasteiger partial charge < -0.3 is 10.2 Å². The van der Waals surface area contributed by atoms with Gasteiger partial charge in [0.05, 0.1) is 16.5 Å². The number of carbonyl (C=O) groups is 2. The van der Waals surface area contributed by atoms with Crippen LogP contribution in [-0.2, 0) is 22.6 Å². The lowest BCUT2D eigenvalue weighted by Gasteiger charge is -2.33. The maximum Gasteiger partial charge on any atom is 0.243 e. The van der Waals surface area contributed by atoms with E-state index in [2.05, 4.69) is 5.32 Å². The molecule has 0 heterocycles. The van der Waals surface area contributed by atoms with Crippen molar-refractivity contribution in [2.75, 3.05) is 0 Å². The third-order valence-electron chi connectivity index (χ3n) is 4.61. The molecule has 4 nitrogen and oxygen atoms in total. The Labute approximate surface area is 197 Å². The first-order valence-corrected chi connectivity index (χ1v) is 11.0. The van der Waals surface area contributed by atoms with E-state index in [4.69, 9.17) is 34.8 Å². The summed E-state index contributed by atoms with van der Waals surface area (Å²) >= 11 is 18.2. The monoisotopic (exact) mass is 486 g/mol. The average molecular weight is 488 g/mol. The molecule has 2 amide bonds. The Bertz CT molecular complexity index is 940. The zero-order valence-corrected chi connectivity index (χ0v) is 20.2. The highest BCUT2D eigenvalue weighted by molar-refractivity contribution is 6.42. The number of carbonyl (C=O) groups excluding carboxylic acids is 2. The highest BCUT2D eigenvalue weighted by atomic mass is 35.5. The van der Waals surface area contributed by atoms with Gasteiger partial charge in [0, 0.05) is 22.7 Å². The number of rotatable bonds is 7. The van der Waals surface area contributed by atoms with Crippen molar-refractivity contribution in [2.45, 2.75) is 58.7 Å². The van der Waals surface area contributed by atoms with E-state index in [0.29, 0.717) is 22.0 Å². The SMILES string of the molecule is CCC(C(=O)NC(C)(C)C)N(Cc1ccc(Cl)c(Cl)c1)C(=O)Cc1c(F)cccc1Cl. The smallest absolute Gasteiger partial charge is 0.243 e. The van der Waals surface area contributed by atoms with Crippen LogP contribution in [0.2, 0.25) is 15.1 Å². The van der Waals surface area contributed by atoms with Crippen LogP contribution in [0.3, 0.4) is 0 Å². The maximum atomic E-state index is 14.3. The molecule has 0 aromatic heterocycles. The Kier molecular flexibility index (Phi) is 8.75. The molecule has 2 aromatic carbocycles. The first-order chi connectivity index (χ1) is 14.4. The van der Waals surface area contributed by atoms with E-state index in [-0.39, 0.29) is 29.5 Å². The Morgan fingerprint density at radius 1 is 1.06 bits per heavy atom. The lowest BCUT2D eigenvalue weighted by molar-refractivity contribution is -0.141. The summed E-state index contributed by atoms with van der Waals surface area (Å²) < 4.78 is 14.3. The topological polar surface area (TPSA) is 49.4 Å². The fraction of sp³-hybridized carbons (Fsp3) is 0.391. The van der Waals surface area contributed by atoms with E-state index in [1.807, 2.05) is 27.7 Å². The minimum Gasteiger partial charge on any atom is -0.350 e. The summed E-state index contributed by atoms with van der Waals surface area (Å²) in [6, 6.07) is 8.51. The normalized spacial score (nSPS) is 12.4. The minimum absolute atomic E-state index is 0.0967. The van der Waals surface area contributed by atoms with E-state index >= 15 is 0 Å². The molecule has 0 spiro atoms. The molecule has 2 rings (SSSR count). The van der Waals surface area contributed by atoms with Gasteiger partial charge in [0.15, 0.2) is 0 Å². The van der Waals surface area contributed by atoms with Crippen LogP contribution in [0.5, 0.6) is 0 Å². The first-order valence-electron chi connectivity index (χ1n) is 9.91. The van der Waals surface area contributed by atoms with Crippen molar-refractivity contribution < 1.29 is 14.0 Å².